The minimum absolute atomic E-state index is 0.0624. The molecule has 1 fully saturated rings. The first-order valence-corrected chi connectivity index (χ1v) is 8.89. The molecular weight excluding hydrogens is 320 g/mol. The van der Waals surface area contributed by atoms with E-state index in [1.54, 1.807) is 0 Å². The Hall–Kier alpha value is -1.93. The highest BCUT2D eigenvalue weighted by atomic mass is 35.5. The molecule has 2 aromatic carbocycles. The van der Waals surface area contributed by atoms with Gasteiger partial charge in [-0.15, -0.1) is 0 Å². The highest BCUT2D eigenvalue weighted by Crippen LogP contribution is 2.37. The van der Waals surface area contributed by atoms with E-state index in [-0.39, 0.29) is 17.6 Å². The Morgan fingerprint density at radius 3 is 2.42 bits per heavy atom. The predicted octanol–water partition coefficient (Wildman–Crippen LogP) is 5.46. The molecule has 0 aliphatic heterocycles. The molecule has 1 saturated carbocycles. The van der Waals surface area contributed by atoms with Gasteiger partial charge in [0.1, 0.15) is 5.78 Å². The first-order valence-electron chi connectivity index (χ1n) is 8.51. The molecule has 0 aromatic heterocycles. The summed E-state index contributed by atoms with van der Waals surface area (Å²) in [6.45, 7) is 0. The maximum absolute atomic E-state index is 12.7. The average Bonchev–Trinajstić information content (AvgIpc) is 2.62. The van der Waals surface area contributed by atoms with Crippen LogP contribution in [0.5, 0.6) is 0 Å². The van der Waals surface area contributed by atoms with Crippen LogP contribution in [0.1, 0.15) is 53.9 Å². The Kier molecular flexibility index (Phi) is 5.47. The molecule has 2 nitrogen and oxygen atoms in total. The number of halogens is 1. The van der Waals surface area contributed by atoms with Crippen molar-refractivity contribution in [3.05, 3.63) is 70.7 Å². The molecule has 1 aliphatic rings. The molecule has 2 atom stereocenters. The molecule has 1 aliphatic carbocycles. The summed E-state index contributed by atoms with van der Waals surface area (Å²) in [6.07, 6.45) is 3.89. The molecule has 0 heterocycles. The third-order valence-corrected chi connectivity index (χ3v) is 5.14. The number of benzene rings is 2. The fourth-order valence-corrected chi connectivity index (χ4v) is 3.71. The van der Waals surface area contributed by atoms with Crippen molar-refractivity contribution >= 4 is 23.2 Å². The fourth-order valence-electron chi connectivity index (χ4n) is 3.58. The Morgan fingerprint density at radius 2 is 1.75 bits per heavy atom. The predicted molar refractivity (Wildman–Crippen MR) is 96.5 cm³/mol. The van der Waals surface area contributed by atoms with Crippen LogP contribution in [0.25, 0.3) is 0 Å². The zero-order chi connectivity index (χ0) is 16.9. The molecule has 0 amide bonds. The van der Waals surface area contributed by atoms with Crippen molar-refractivity contribution in [2.45, 2.75) is 38.0 Å². The number of carbonyl (C=O) groups excluding carboxylic acids is 2. The molecule has 2 aromatic rings. The molecule has 0 bridgehead atoms. The lowest BCUT2D eigenvalue weighted by Crippen LogP contribution is -2.27. The molecule has 124 valence electrons. The third kappa shape index (κ3) is 3.93. The highest BCUT2D eigenvalue weighted by molar-refractivity contribution is 6.30. The Bertz CT molecular complexity index is 706. The van der Waals surface area contributed by atoms with Crippen molar-refractivity contribution in [1.82, 2.24) is 0 Å². The van der Waals surface area contributed by atoms with Crippen LogP contribution in [-0.4, -0.2) is 11.6 Å². The maximum Gasteiger partial charge on any atom is 0.163 e. The Balaban J connectivity index is 1.88. The van der Waals surface area contributed by atoms with Gasteiger partial charge in [-0.1, -0.05) is 60.5 Å². The molecule has 2 unspecified atom stereocenters. The minimum Gasteiger partial charge on any atom is -0.299 e. The lowest BCUT2D eigenvalue weighted by Gasteiger charge is -2.29. The van der Waals surface area contributed by atoms with Crippen LogP contribution >= 0.6 is 11.6 Å². The molecule has 24 heavy (non-hydrogen) atoms. The van der Waals surface area contributed by atoms with Crippen LogP contribution in [0.3, 0.4) is 0 Å². The molecule has 3 heteroatoms. The van der Waals surface area contributed by atoms with Gasteiger partial charge >= 0.3 is 0 Å². The molecule has 0 spiro atoms. The van der Waals surface area contributed by atoms with Crippen LogP contribution in [0.15, 0.2) is 54.6 Å². The SMILES string of the molecule is O=C(CC(c1ccc(Cl)cc1)C1CCCCC1=O)c1ccccc1. The van der Waals surface area contributed by atoms with E-state index in [0.29, 0.717) is 29.2 Å². The summed E-state index contributed by atoms with van der Waals surface area (Å²) in [5.74, 6) is 0.256. The number of Topliss-reactive ketones (excluding diaryl/α,β-unsaturated/α-hetero) is 2. The summed E-state index contributed by atoms with van der Waals surface area (Å²) < 4.78 is 0. The van der Waals surface area contributed by atoms with Gasteiger partial charge in [-0.3, -0.25) is 9.59 Å². The maximum atomic E-state index is 12.7. The van der Waals surface area contributed by atoms with Gasteiger partial charge in [0, 0.05) is 35.3 Å². The summed E-state index contributed by atoms with van der Waals surface area (Å²) >= 11 is 6.00. The van der Waals surface area contributed by atoms with E-state index in [9.17, 15) is 9.59 Å². The largest absolute Gasteiger partial charge is 0.299 e. The Morgan fingerprint density at radius 1 is 1.04 bits per heavy atom. The number of ketones is 2. The first kappa shape index (κ1) is 16.9. The van der Waals surface area contributed by atoms with Crippen LogP contribution in [-0.2, 0) is 4.79 Å². The average molecular weight is 341 g/mol. The van der Waals surface area contributed by atoms with Crippen molar-refractivity contribution < 1.29 is 9.59 Å². The fraction of sp³-hybridized carbons (Fsp3) is 0.333. The van der Waals surface area contributed by atoms with E-state index < -0.39 is 0 Å². The van der Waals surface area contributed by atoms with Crippen LogP contribution in [0.2, 0.25) is 5.02 Å². The number of carbonyl (C=O) groups is 2. The first-order chi connectivity index (χ1) is 11.6. The number of rotatable bonds is 5. The van der Waals surface area contributed by atoms with Gasteiger partial charge < -0.3 is 0 Å². The smallest absolute Gasteiger partial charge is 0.163 e. The van der Waals surface area contributed by atoms with E-state index in [1.807, 2.05) is 54.6 Å². The number of hydrogen-bond acceptors (Lipinski definition) is 2. The topological polar surface area (TPSA) is 34.1 Å². The van der Waals surface area contributed by atoms with Crippen molar-refractivity contribution in [1.29, 1.82) is 0 Å². The van der Waals surface area contributed by atoms with E-state index in [2.05, 4.69) is 0 Å². The molecule has 0 N–H and O–H groups in total. The molecule has 0 saturated heterocycles. The van der Waals surface area contributed by atoms with Gasteiger partial charge in [0.25, 0.3) is 0 Å². The van der Waals surface area contributed by atoms with Crippen molar-refractivity contribution in [3.63, 3.8) is 0 Å². The molecule has 3 rings (SSSR count). The van der Waals surface area contributed by atoms with Gasteiger partial charge in [0.15, 0.2) is 5.78 Å². The van der Waals surface area contributed by atoms with Gasteiger partial charge in [0.2, 0.25) is 0 Å². The van der Waals surface area contributed by atoms with Crippen molar-refractivity contribution in [2.75, 3.05) is 0 Å². The van der Waals surface area contributed by atoms with Gasteiger partial charge in [-0.2, -0.15) is 0 Å². The third-order valence-electron chi connectivity index (χ3n) is 4.89. The quantitative estimate of drug-likeness (QED) is 0.677. The van der Waals surface area contributed by atoms with E-state index >= 15 is 0 Å². The lowest BCUT2D eigenvalue weighted by molar-refractivity contribution is -0.125. The molecular formula is C21H21ClO2. The second-order valence-corrected chi connectivity index (χ2v) is 6.91. The molecule has 0 radical (unpaired) electrons. The summed E-state index contributed by atoms with van der Waals surface area (Å²) in [6, 6.07) is 16.9. The van der Waals surface area contributed by atoms with Gasteiger partial charge in [-0.25, -0.2) is 0 Å². The van der Waals surface area contributed by atoms with Crippen molar-refractivity contribution in [3.8, 4) is 0 Å². The van der Waals surface area contributed by atoms with Crippen LogP contribution in [0, 0.1) is 5.92 Å². The summed E-state index contributed by atoms with van der Waals surface area (Å²) in [5.41, 5.74) is 1.74. The van der Waals surface area contributed by atoms with E-state index in [4.69, 9.17) is 11.6 Å². The standard InChI is InChI=1S/C21H21ClO2/c22-17-12-10-15(11-13-17)19(18-8-4-5-9-20(18)23)14-21(24)16-6-2-1-3-7-16/h1-3,6-7,10-13,18-19H,4-5,8-9,14H2. The van der Waals surface area contributed by atoms with Gasteiger partial charge in [-0.05, 0) is 30.5 Å². The second kappa shape index (κ2) is 7.76. The van der Waals surface area contributed by atoms with Crippen molar-refractivity contribution in [2.24, 2.45) is 5.92 Å². The number of hydrogen-bond donors (Lipinski definition) is 0. The lowest BCUT2D eigenvalue weighted by atomic mass is 9.73. The highest BCUT2D eigenvalue weighted by Gasteiger charge is 2.32. The second-order valence-electron chi connectivity index (χ2n) is 6.47. The van der Waals surface area contributed by atoms with Crippen LogP contribution < -0.4 is 0 Å². The monoisotopic (exact) mass is 340 g/mol. The normalized spacial score (nSPS) is 19.0. The van der Waals surface area contributed by atoms with Gasteiger partial charge in [0.05, 0.1) is 0 Å². The zero-order valence-corrected chi connectivity index (χ0v) is 14.3. The summed E-state index contributed by atoms with van der Waals surface area (Å²) in [4.78, 5) is 25.2. The summed E-state index contributed by atoms with van der Waals surface area (Å²) in [7, 11) is 0. The summed E-state index contributed by atoms with van der Waals surface area (Å²) in [5, 5.41) is 0.668. The minimum atomic E-state index is -0.0669. The van der Waals surface area contributed by atoms with E-state index in [1.165, 1.54) is 0 Å². The van der Waals surface area contributed by atoms with Crippen LogP contribution in [0.4, 0.5) is 0 Å². The Labute approximate surface area is 147 Å². The zero-order valence-electron chi connectivity index (χ0n) is 13.6. The van der Waals surface area contributed by atoms with E-state index in [0.717, 1.165) is 24.8 Å².